The maximum Gasteiger partial charge on any atom is 0.335 e. The van der Waals surface area contributed by atoms with Crippen molar-refractivity contribution in [3.63, 3.8) is 0 Å². The van der Waals surface area contributed by atoms with Crippen LogP contribution in [-0.4, -0.2) is 134 Å². The summed E-state index contributed by atoms with van der Waals surface area (Å²) in [7, 11) is 0. The standard InChI is InChI=1S/3C4H6O6/c3*5-1(3(7)8)2(6)4(9)10/h3*1-2,5-6H,(H,7,8)(H,9,10). The molecule has 18 heteroatoms. The first kappa shape index (κ1) is 31.3. The number of rotatable bonds is 9. The van der Waals surface area contributed by atoms with Crippen molar-refractivity contribution in [2.45, 2.75) is 36.6 Å². The van der Waals surface area contributed by atoms with Crippen molar-refractivity contribution in [1.29, 1.82) is 0 Å². The van der Waals surface area contributed by atoms with Gasteiger partial charge in [0.2, 0.25) is 0 Å². The van der Waals surface area contributed by atoms with Gasteiger partial charge in [0, 0.05) is 0 Å². The molecular formula is C12H18O18. The van der Waals surface area contributed by atoms with Gasteiger partial charge >= 0.3 is 35.8 Å². The highest BCUT2D eigenvalue weighted by molar-refractivity contribution is 5.84. The van der Waals surface area contributed by atoms with Gasteiger partial charge in [-0.1, -0.05) is 0 Å². The number of aliphatic carboxylic acids is 6. The zero-order valence-electron chi connectivity index (χ0n) is 14.3. The summed E-state index contributed by atoms with van der Waals surface area (Å²) in [6.45, 7) is 0. The van der Waals surface area contributed by atoms with Crippen molar-refractivity contribution in [1.82, 2.24) is 0 Å². The molecule has 0 amide bonds. The Morgan fingerprint density at radius 2 is 0.367 bits per heavy atom. The van der Waals surface area contributed by atoms with E-state index in [1.807, 2.05) is 0 Å². The first-order chi connectivity index (χ1) is 13.4. The van der Waals surface area contributed by atoms with Gasteiger partial charge in [-0.3, -0.25) is 0 Å². The van der Waals surface area contributed by atoms with Crippen molar-refractivity contribution >= 4 is 35.8 Å². The molecule has 0 fully saturated rings. The zero-order valence-corrected chi connectivity index (χ0v) is 14.3. The Balaban J connectivity index is -0.000000364. The molecule has 174 valence electrons. The van der Waals surface area contributed by atoms with E-state index < -0.39 is 72.4 Å². The maximum absolute atomic E-state index is 9.77. The van der Waals surface area contributed by atoms with Gasteiger partial charge in [-0.25, -0.2) is 28.8 Å². The molecular weight excluding hydrogens is 432 g/mol. The highest BCUT2D eigenvalue weighted by Gasteiger charge is 2.30. The van der Waals surface area contributed by atoms with Crippen LogP contribution in [0.1, 0.15) is 0 Å². The predicted molar refractivity (Wildman–Crippen MR) is 81.9 cm³/mol. The number of hydrogen-bond acceptors (Lipinski definition) is 12. The molecule has 0 aromatic heterocycles. The molecule has 6 atom stereocenters. The molecule has 0 aliphatic heterocycles. The second-order valence-corrected chi connectivity index (χ2v) is 4.70. The average Bonchev–Trinajstić information content (AvgIpc) is 2.64. The predicted octanol–water partition coefficient (Wildman–Crippen LogP) is -6.37. The van der Waals surface area contributed by atoms with Crippen molar-refractivity contribution < 1.29 is 90.0 Å². The molecule has 0 saturated heterocycles. The van der Waals surface area contributed by atoms with E-state index in [0.29, 0.717) is 0 Å². The molecule has 0 bridgehead atoms. The highest BCUT2D eigenvalue weighted by Crippen LogP contribution is 1.94. The normalized spacial score (nSPS) is 15.8. The summed E-state index contributed by atoms with van der Waals surface area (Å²) in [5.41, 5.74) is 0. The van der Waals surface area contributed by atoms with E-state index in [0.717, 1.165) is 0 Å². The quantitative estimate of drug-likeness (QED) is 0.155. The van der Waals surface area contributed by atoms with Crippen molar-refractivity contribution in [3.8, 4) is 0 Å². The van der Waals surface area contributed by atoms with Crippen LogP contribution in [0.5, 0.6) is 0 Å². The number of aliphatic hydroxyl groups excluding tert-OH is 6. The summed E-state index contributed by atoms with van der Waals surface area (Å²) in [5, 5.41) is 97.6. The Labute approximate surface area is 163 Å². The SMILES string of the molecule is O=C(O)C(O)C(O)C(=O)O.O=C(O)C(O)C(O)C(=O)O.O=C(O)C(O)C(O)C(=O)O. The molecule has 18 nitrogen and oxygen atoms in total. The van der Waals surface area contributed by atoms with Crippen LogP contribution in [-0.2, 0) is 28.8 Å². The van der Waals surface area contributed by atoms with Crippen molar-refractivity contribution in [2.75, 3.05) is 0 Å². The number of carbonyl (C=O) groups is 6. The van der Waals surface area contributed by atoms with E-state index in [2.05, 4.69) is 0 Å². The summed E-state index contributed by atoms with van der Waals surface area (Å²) in [5.74, 6) is -10.6. The number of aliphatic hydroxyl groups is 6. The topological polar surface area (TPSA) is 345 Å². The first-order valence-corrected chi connectivity index (χ1v) is 6.85. The molecule has 30 heavy (non-hydrogen) atoms. The fraction of sp³-hybridized carbons (Fsp3) is 0.500. The molecule has 6 unspecified atom stereocenters. The number of hydrogen-bond donors (Lipinski definition) is 12. The van der Waals surface area contributed by atoms with Crippen molar-refractivity contribution in [2.24, 2.45) is 0 Å². The summed E-state index contributed by atoms with van der Waals surface area (Å²) in [6, 6.07) is 0. The molecule has 0 heterocycles. The van der Waals surface area contributed by atoms with Gasteiger partial charge in [-0.2, -0.15) is 0 Å². The lowest BCUT2D eigenvalue weighted by molar-refractivity contribution is -0.165. The fourth-order valence-electron chi connectivity index (χ4n) is 0.810. The van der Waals surface area contributed by atoms with E-state index in [4.69, 9.17) is 61.3 Å². The molecule has 0 spiro atoms. The number of carboxylic acids is 6. The minimum atomic E-state index is -2.27. The van der Waals surface area contributed by atoms with Crippen LogP contribution < -0.4 is 0 Å². The third kappa shape index (κ3) is 12.9. The summed E-state index contributed by atoms with van der Waals surface area (Å²) >= 11 is 0. The zero-order chi connectivity index (χ0) is 24.9. The average molecular weight is 450 g/mol. The molecule has 0 aliphatic carbocycles. The summed E-state index contributed by atoms with van der Waals surface area (Å²) in [6.07, 6.45) is -13.6. The third-order valence-electron chi connectivity index (χ3n) is 2.42. The van der Waals surface area contributed by atoms with Gasteiger partial charge in [-0.15, -0.1) is 0 Å². The van der Waals surface area contributed by atoms with E-state index in [1.165, 1.54) is 0 Å². The van der Waals surface area contributed by atoms with Crippen LogP contribution in [0.4, 0.5) is 0 Å². The molecule has 0 aromatic carbocycles. The van der Waals surface area contributed by atoms with E-state index >= 15 is 0 Å². The van der Waals surface area contributed by atoms with Crippen LogP contribution in [0.15, 0.2) is 0 Å². The molecule has 0 aliphatic rings. The van der Waals surface area contributed by atoms with Gasteiger partial charge in [0.1, 0.15) is 0 Å². The minimum absolute atomic E-state index is 1.77. The van der Waals surface area contributed by atoms with Crippen LogP contribution in [0.25, 0.3) is 0 Å². The Kier molecular flexibility index (Phi) is 15.2. The molecule has 12 N–H and O–H groups in total. The number of carboxylic acid groups (broad SMARTS) is 6. The van der Waals surface area contributed by atoms with Crippen LogP contribution >= 0.6 is 0 Å². The summed E-state index contributed by atoms with van der Waals surface area (Å²) in [4.78, 5) is 58.6. The van der Waals surface area contributed by atoms with E-state index in [-0.39, 0.29) is 0 Å². The monoisotopic (exact) mass is 450 g/mol. The van der Waals surface area contributed by atoms with Gasteiger partial charge in [0.25, 0.3) is 0 Å². The second kappa shape index (κ2) is 14.6. The minimum Gasteiger partial charge on any atom is -0.479 e. The van der Waals surface area contributed by atoms with Crippen LogP contribution in [0.2, 0.25) is 0 Å². The van der Waals surface area contributed by atoms with Gasteiger partial charge in [0.15, 0.2) is 36.6 Å². The smallest absolute Gasteiger partial charge is 0.335 e. The van der Waals surface area contributed by atoms with Crippen molar-refractivity contribution in [3.05, 3.63) is 0 Å². The lowest BCUT2D eigenvalue weighted by atomic mass is 10.2. The summed E-state index contributed by atoms with van der Waals surface area (Å²) < 4.78 is 0. The fourth-order valence-corrected chi connectivity index (χ4v) is 0.810. The Morgan fingerprint density at radius 1 is 0.300 bits per heavy atom. The molecule has 0 aromatic rings. The van der Waals surface area contributed by atoms with Crippen LogP contribution in [0.3, 0.4) is 0 Å². The van der Waals surface area contributed by atoms with Gasteiger partial charge in [0.05, 0.1) is 0 Å². The third-order valence-corrected chi connectivity index (χ3v) is 2.42. The van der Waals surface area contributed by atoms with E-state index in [9.17, 15) is 28.8 Å². The maximum atomic E-state index is 9.77. The Hall–Kier alpha value is -3.42. The molecule has 0 rings (SSSR count). The first-order valence-electron chi connectivity index (χ1n) is 6.85. The second-order valence-electron chi connectivity index (χ2n) is 4.70. The largest absolute Gasteiger partial charge is 0.479 e. The van der Waals surface area contributed by atoms with Gasteiger partial charge in [-0.05, 0) is 0 Å². The molecule has 0 saturated carbocycles. The van der Waals surface area contributed by atoms with E-state index in [1.54, 1.807) is 0 Å². The van der Waals surface area contributed by atoms with Crippen LogP contribution in [0, 0.1) is 0 Å². The van der Waals surface area contributed by atoms with Gasteiger partial charge < -0.3 is 61.3 Å². The Morgan fingerprint density at radius 3 is 0.400 bits per heavy atom. The Bertz CT molecular complexity index is 487. The lowest BCUT2D eigenvalue weighted by Crippen LogP contribution is -2.39. The molecule has 0 radical (unpaired) electrons. The lowest BCUT2D eigenvalue weighted by Gasteiger charge is -2.07. The highest BCUT2D eigenvalue weighted by atomic mass is 16.5.